The number of urea groups is 1. The van der Waals surface area contributed by atoms with Crippen molar-refractivity contribution in [2.24, 2.45) is 5.92 Å². The first kappa shape index (κ1) is 20.9. The summed E-state index contributed by atoms with van der Waals surface area (Å²) in [7, 11) is 0. The number of carbonyl (C=O) groups excluding carboxylic acids is 3. The van der Waals surface area contributed by atoms with Crippen LogP contribution in [0.15, 0.2) is 24.8 Å². The quantitative estimate of drug-likeness (QED) is 0.639. The molecule has 10 heteroatoms. The van der Waals surface area contributed by atoms with E-state index in [1.165, 1.54) is 4.90 Å². The second-order valence-corrected chi connectivity index (χ2v) is 9.18. The first-order valence-corrected chi connectivity index (χ1v) is 11.3. The minimum absolute atomic E-state index is 0.0628. The van der Waals surface area contributed by atoms with Crippen molar-refractivity contribution in [1.29, 1.82) is 0 Å². The van der Waals surface area contributed by atoms with Crippen LogP contribution in [-0.4, -0.2) is 78.4 Å². The maximum absolute atomic E-state index is 12.7. The van der Waals surface area contributed by atoms with E-state index in [0.29, 0.717) is 38.8 Å². The number of β-amino-alcohol motifs (C(OH)–C–C–N with tert-alkyl or cyclic N) is 1. The number of imidazole rings is 1. The highest BCUT2D eigenvalue weighted by Gasteiger charge is 2.52. The van der Waals surface area contributed by atoms with E-state index in [1.807, 2.05) is 16.8 Å². The Bertz CT molecular complexity index is 1050. The molecule has 32 heavy (non-hydrogen) atoms. The molecule has 0 aromatic carbocycles. The van der Waals surface area contributed by atoms with E-state index in [9.17, 15) is 19.5 Å². The number of fused-ring (bicyclic) bond motifs is 1. The average molecular weight is 441 g/mol. The topological polar surface area (TPSA) is 120 Å². The molecule has 1 saturated carbocycles. The van der Waals surface area contributed by atoms with Gasteiger partial charge in [0.05, 0.1) is 18.0 Å². The van der Waals surface area contributed by atoms with Gasteiger partial charge in [0.25, 0.3) is 5.91 Å². The molecule has 5 rings (SSSR count). The van der Waals surface area contributed by atoms with Crippen molar-refractivity contribution >= 4 is 23.5 Å². The number of aliphatic hydroxyl groups excluding tert-OH is 1. The van der Waals surface area contributed by atoms with E-state index in [1.54, 1.807) is 17.3 Å². The number of nitrogens with zero attached hydrogens (tertiary/aromatic N) is 5. The second kappa shape index (κ2) is 8.16. The molecule has 4 amide bonds. The lowest BCUT2D eigenvalue weighted by Crippen LogP contribution is -2.44. The van der Waals surface area contributed by atoms with Crippen molar-refractivity contribution in [2.45, 2.75) is 56.6 Å². The molecule has 2 aliphatic heterocycles. The van der Waals surface area contributed by atoms with Crippen LogP contribution < -0.4 is 5.32 Å². The Morgan fingerprint density at radius 1 is 1.22 bits per heavy atom. The molecule has 1 aliphatic carbocycles. The molecule has 4 heterocycles. The molecular formula is C22H28N6O4. The Labute approximate surface area is 185 Å². The van der Waals surface area contributed by atoms with Crippen molar-refractivity contribution < 1.29 is 19.5 Å². The zero-order chi connectivity index (χ0) is 22.3. The Morgan fingerprint density at radius 3 is 2.84 bits per heavy atom. The van der Waals surface area contributed by atoms with Gasteiger partial charge < -0.3 is 19.7 Å². The molecule has 2 aromatic rings. The van der Waals surface area contributed by atoms with Crippen LogP contribution in [-0.2, 0) is 16.0 Å². The molecule has 1 spiro atoms. The zero-order valence-corrected chi connectivity index (χ0v) is 17.9. The lowest BCUT2D eigenvalue weighted by molar-refractivity contribution is -0.133. The molecule has 0 radical (unpaired) electrons. The van der Waals surface area contributed by atoms with Gasteiger partial charge in [0.15, 0.2) is 5.65 Å². The van der Waals surface area contributed by atoms with Gasteiger partial charge in [-0.05, 0) is 25.7 Å². The minimum atomic E-state index is -0.707. The van der Waals surface area contributed by atoms with Crippen LogP contribution in [0.1, 0.15) is 44.2 Å². The van der Waals surface area contributed by atoms with Crippen LogP contribution in [0.25, 0.3) is 5.65 Å². The SMILES string of the molecule is O=C(CCCN1C(=O)NC2(CCCC2)C1=O)N1C[C@H](Cc2cn3ccnc3cn2)[C@H](O)C1. The number of hydrogen-bond donors (Lipinski definition) is 2. The lowest BCUT2D eigenvalue weighted by Gasteiger charge is -2.20. The van der Waals surface area contributed by atoms with E-state index in [2.05, 4.69) is 15.3 Å². The highest BCUT2D eigenvalue weighted by atomic mass is 16.3. The van der Waals surface area contributed by atoms with Crippen LogP contribution in [0.4, 0.5) is 4.79 Å². The fraction of sp³-hybridized carbons (Fsp3) is 0.591. The molecule has 10 nitrogen and oxygen atoms in total. The standard InChI is InChI=1S/C22H28N6O4/c29-17-14-27(12-15(17)10-16-13-26-9-7-23-18(26)11-24-16)19(30)4-3-8-28-20(31)22(25-21(28)32)5-1-2-6-22/h7,9,11,13,15,17,29H,1-6,8,10,12,14H2,(H,25,32)/t15-,17+/m0/s1. The number of amides is 4. The lowest BCUT2D eigenvalue weighted by atomic mass is 9.98. The predicted molar refractivity (Wildman–Crippen MR) is 113 cm³/mol. The van der Waals surface area contributed by atoms with Gasteiger partial charge in [-0.25, -0.2) is 9.78 Å². The first-order chi connectivity index (χ1) is 15.4. The fourth-order valence-corrected chi connectivity index (χ4v) is 5.24. The summed E-state index contributed by atoms with van der Waals surface area (Å²) in [5, 5.41) is 13.3. The Morgan fingerprint density at radius 2 is 2.03 bits per heavy atom. The number of aromatic nitrogens is 3. The maximum atomic E-state index is 12.7. The van der Waals surface area contributed by atoms with Gasteiger partial charge in [0.2, 0.25) is 5.91 Å². The third-order valence-electron chi connectivity index (χ3n) is 7.04. The summed E-state index contributed by atoms with van der Waals surface area (Å²) in [6, 6.07) is -0.344. The molecule has 2 atom stereocenters. The monoisotopic (exact) mass is 440 g/mol. The number of nitrogens with one attached hydrogen (secondary N) is 1. The third kappa shape index (κ3) is 3.72. The summed E-state index contributed by atoms with van der Waals surface area (Å²) < 4.78 is 1.89. The van der Waals surface area contributed by atoms with Gasteiger partial charge in [0.1, 0.15) is 5.54 Å². The molecule has 2 aromatic heterocycles. The van der Waals surface area contributed by atoms with E-state index in [-0.39, 0.29) is 36.7 Å². The Hall–Kier alpha value is -3.01. The van der Waals surface area contributed by atoms with Gasteiger partial charge in [-0.2, -0.15) is 0 Å². The van der Waals surface area contributed by atoms with E-state index in [0.717, 1.165) is 24.2 Å². The largest absolute Gasteiger partial charge is 0.391 e. The number of rotatable bonds is 6. The summed E-state index contributed by atoms with van der Waals surface area (Å²) in [5.41, 5.74) is 0.899. The summed E-state index contributed by atoms with van der Waals surface area (Å²) in [4.78, 5) is 49.2. The van der Waals surface area contributed by atoms with Crippen molar-refractivity contribution in [2.75, 3.05) is 19.6 Å². The third-order valence-corrected chi connectivity index (χ3v) is 7.04. The van der Waals surface area contributed by atoms with Gasteiger partial charge in [-0.3, -0.25) is 19.5 Å². The molecule has 0 unspecified atom stereocenters. The Kier molecular flexibility index (Phi) is 5.32. The van der Waals surface area contributed by atoms with Gasteiger partial charge >= 0.3 is 6.03 Å². The van der Waals surface area contributed by atoms with Gasteiger partial charge in [-0.1, -0.05) is 12.8 Å². The smallest absolute Gasteiger partial charge is 0.325 e. The number of hydrogen-bond acceptors (Lipinski definition) is 6. The summed E-state index contributed by atoms with van der Waals surface area (Å²) in [6.07, 6.45) is 11.1. The second-order valence-electron chi connectivity index (χ2n) is 9.18. The van der Waals surface area contributed by atoms with Gasteiger partial charge in [0, 0.05) is 50.6 Å². The van der Waals surface area contributed by atoms with Crippen molar-refractivity contribution in [3.8, 4) is 0 Å². The molecular weight excluding hydrogens is 412 g/mol. The van der Waals surface area contributed by atoms with E-state index < -0.39 is 11.6 Å². The van der Waals surface area contributed by atoms with Crippen LogP contribution in [0, 0.1) is 5.92 Å². The number of imide groups is 1. The van der Waals surface area contributed by atoms with Crippen molar-refractivity contribution in [1.82, 2.24) is 29.5 Å². The highest BCUT2D eigenvalue weighted by molar-refractivity contribution is 6.07. The average Bonchev–Trinajstić information content (AvgIpc) is 3.54. The van der Waals surface area contributed by atoms with Gasteiger partial charge in [-0.15, -0.1) is 0 Å². The first-order valence-electron chi connectivity index (χ1n) is 11.3. The fourth-order valence-electron chi connectivity index (χ4n) is 5.24. The molecule has 2 N–H and O–H groups in total. The minimum Gasteiger partial charge on any atom is -0.391 e. The van der Waals surface area contributed by atoms with Crippen LogP contribution >= 0.6 is 0 Å². The number of carbonyl (C=O) groups is 3. The maximum Gasteiger partial charge on any atom is 0.325 e. The van der Waals surface area contributed by atoms with Crippen LogP contribution in [0.3, 0.4) is 0 Å². The van der Waals surface area contributed by atoms with Crippen LogP contribution in [0.2, 0.25) is 0 Å². The molecule has 3 aliphatic rings. The van der Waals surface area contributed by atoms with E-state index in [4.69, 9.17) is 0 Å². The summed E-state index contributed by atoms with van der Waals surface area (Å²) in [6.45, 7) is 1.01. The Balaban J connectivity index is 1.12. The number of aliphatic hydroxyl groups is 1. The molecule has 3 fully saturated rings. The molecule has 0 bridgehead atoms. The number of likely N-dealkylation sites (tertiary alicyclic amines) is 1. The zero-order valence-electron chi connectivity index (χ0n) is 17.9. The normalized spacial score (nSPS) is 24.8. The van der Waals surface area contributed by atoms with Crippen molar-refractivity contribution in [3.05, 3.63) is 30.5 Å². The van der Waals surface area contributed by atoms with E-state index >= 15 is 0 Å². The van der Waals surface area contributed by atoms with Crippen molar-refractivity contribution in [3.63, 3.8) is 0 Å². The van der Waals surface area contributed by atoms with Crippen LogP contribution in [0.5, 0.6) is 0 Å². The summed E-state index contributed by atoms with van der Waals surface area (Å²) in [5.74, 6) is -0.292. The highest BCUT2D eigenvalue weighted by Crippen LogP contribution is 2.35. The molecule has 2 saturated heterocycles. The predicted octanol–water partition coefficient (Wildman–Crippen LogP) is 0.736. The summed E-state index contributed by atoms with van der Waals surface area (Å²) >= 11 is 0. The molecule has 170 valence electrons.